The third-order valence-corrected chi connectivity index (χ3v) is 5.04. The number of morpholine rings is 1. The van der Waals surface area contributed by atoms with Gasteiger partial charge in [0.25, 0.3) is 0 Å². The van der Waals surface area contributed by atoms with Gasteiger partial charge in [-0.1, -0.05) is 23.3 Å². The van der Waals surface area contributed by atoms with Crippen molar-refractivity contribution in [2.24, 2.45) is 11.8 Å². The Hall–Kier alpha value is -1.04. The molecule has 2 heterocycles. The molecule has 3 rings (SSSR count). The minimum atomic E-state index is -0.503. The van der Waals surface area contributed by atoms with Gasteiger partial charge >= 0.3 is 6.09 Å². The number of hydrogen-bond donors (Lipinski definition) is 1. The van der Waals surface area contributed by atoms with Crippen molar-refractivity contribution < 1.29 is 14.3 Å². The standard InChI is InChI=1S/C18H27ClN2O3/c1-18(2,3)24-17(22)21-6-7-23-11-16(21)14-9-13(19)8-12-4-5-20-10-15(12)14/h8-9,14-16,20H,4-7,10-11H2,1-3H3/t14?,15?,16-/m0/s1. The third kappa shape index (κ3) is 3.95. The van der Waals surface area contributed by atoms with Crippen molar-refractivity contribution in [3.8, 4) is 0 Å². The highest BCUT2D eigenvalue weighted by Crippen LogP contribution is 2.38. The minimum Gasteiger partial charge on any atom is -0.444 e. The van der Waals surface area contributed by atoms with E-state index in [-0.39, 0.29) is 18.1 Å². The van der Waals surface area contributed by atoms with Crippen molar-refractivity contribution in [1.82, 2.24) is 10.2 Å². The quantitative estimate of drug-likeness (QED) is 0.786. The highest BCUT2D eigenvalue weighted by atomic mass is 35.5. The van der Waals surface area contributed by atoms with Crippen molar-refractivity contribution in [3.63, 3.8) is 0 Å². The molecule has 134 valence electrons. The number of piperidine rings is 1. The molecule has 0 bridgehead atoms. The van der Waals surface area contributed by atoms with Crippen LogP contribution in [0, 0.1) is 11.8 Å². The maximum atomic E-state index is 12.7. The van der Waals surface area contributed by atoms with Crippen LogP contribution in [0.1, 0.15) is 27.2 Å². The van der Waals surface area contributed by atoms with E-state index in [1.54, 1.807) is 0 Å². The smallest absolute Gasteiger partial charge is 0.410 e. The summed E-state index contributed by atoms with van der Waals surface area (Å²) >= 11 is 6.37. The number of hydrogen-bond acceptors (Lipinski definition) is 4. The molecular weight excluding hydrogens is 328 g/mol. The number of allylic oxidation sites excluding steroid dienone is 2. The highest BCUT2D eigenvalue weighted by Gasteiger charge is 2.41. The second-order valence-electron chi connectivity index (χ2n) is 7.72. The van der Waals surface area contributed by atoms with Crippen LogP contribution in [-0.4, -0.2) is 55.5 Å². The number of carbonyl (C=O) groups excluding carboxylic acids is 1. The summed E-state index contributed by atoms with van der Waals surface area (Å²) in [6.45, 7) is 9.20. The molecule has 1 aliphatic carbocycles. The van der Waals surface area contributed by atoms with Crippen molar-refractivity contribution >= 4 is 17.7 Å². The summed E-state index contributed by atoms with van der Waals surface area (Å²) in [6.07, 6.45) is 4.91. The van der Waals surface area contributed by atoms with E-state index in [1.165, 1.54) is 5.57 Å². The average Bonchev–Trinajstić information content (AvgIpc) is 2.52. The maximum Gasteiger partial charge on any atom is 0.410 e. The second kappa shape index (κ2) is 7.06. The zero-order chi connectivity index (χ0) is 17.3. The zero-order valence-electron chi connectivity index (χ0n) is 14.7. The van der Waals surface area contributed by atoms with Crippen LogP contribution in [0.2, 0.25) is 0 Å². The highest BCUT2D eigenvalue weighted by molar-refractivity contribution is 6.31. The van der Waals surface area contributed by atoms with E-state index in [4.69, 9.17) is 21.1 Å². The Balaban J connectivity index is 1.82. The molecule has 1 amide bonds. The van der Waals surface area contributed by atoms with Crippen LogP contribution in [0.25, 0.3) is 0 Å². The molecule has 5 nitrogen and oxygen atoms in total. The molecule has 3 atom stereocenters. The Bertz CT molecular complexity index is 553. The molecule has 2 unspecified atom stereocenters. The Morgan fingerprint density at radius 2 is 2.25 bits per heavy atom. The molecule has 24 heavy (non-hydrogen) atoms. The van der Waals surface area contributed by atoms with Gasteiger partial charge in [0.2, 0.25) is 0 Å². The largest absolute Gasteiger partial charge is 0.444 e. The number of ether oxygens (including phenoxy) is 2. The first-order valence-electron chi connectivity index (χ1n) is 8.71. The van der Waals surface area contributed by atoms with Gasteiger partial charge in [-0.25, -0.2) is 4.79 Å². The molecule has 2 fully saturated rings. The number of fused-ring (bicyclic) bond motifs is 1. The van der Waals surface area contributed by atoms with Crippen LogP contribution in [0.3, 0.4) is 0 Å². The number of rotatable bonds is 1. The zero-order valence-corrected chi connectivity index (χ0v) is 15.4. The van der Waals surface area contributed by atoms with Crippen LogP contribution in [0.5, 0.6) is 0 Å². The van der Waals surface area contributed by atoms with E-state index in [0.717, 1.165) is 24.5 Å². The van der Waals surface area contributed by atoms with E-state index in [1.807, 2.05) is 25.7 Å². The summed E-state index contributed by atoms with van der Waals surface area (Å²) in [5.41, 5.74) is 0.873. The second-order valence-corrected chi connectivity index (χ2v) is 8.16. The lowest BCUT2D eigenvalue weighted by Crippen LogP contribution is -2.56. The molecular formula is C18H27ClN2O3. The first kappa shape index (κ1) is 17.8. The molecule has 0 spiro atoms. The van der Waals surface area contributed by atoms with E-state index < -0.39 is 5.60 Å². The van der Waals surface area contributed by atoms with Crippen molar-refractivity contribution in [2.75, 3.05) is 32.8 Å². The summed E-state index contributed by atoms with van der Waals surface area (Å²) in [4.78, 5) is 14.5. The Kier molecular flexibility index (Phi) is 5.23. The SMILES string of the molecule is CC(C)(C)OC(=O)N1CCOC[C@H]1C1C=C(Cl)C=C2CCNCC21. The van der Waals surface area contributed by atoms with Crippen LogP contribution >= 0.6 is 11.6 Å². The number of carbonyl (C=O) groups is 1. The van der Waals surface area contributed by atoms with Gasteiger partial charge in [0, 0.05) is 30.0 Å². The summed E-state index contributed by atoms with van der Waals surface area (Å²) in [5, 5.41) is 4.23. The van der Waals surface area contributed by atoms with Gasteiger partial charge in [-0.05, 0) is 39.8 Å². The van der Waals surface area contributed by atoms with Gasteiger partial charge in [-0.2, -0.15) is 0 Å². The van der Waals surface area contributed by atoms with Gasteiger partial charge in [0.1, 0.15) is 5.60 Å². The fourth-order valence-electron chi connectivity index (χ4n) is 3.76. The number of halogens is 1. The Morgan fingerprint density at radius 1 is 1.46 bits per heavy atom. The predicted molar refractivity (Wildman–Crippen MR) is 94.0 cm³/mol. The molecule has 0 saturated carbocycles. The van der Waals surface area contributed by atoms with Gasteiger partial charge in [0.05, 0.1) is 19.3 Å². The molecule has 1 N–H and O–H groups in total. The minimum absolute atomic E-state index is 0.0454. The molecule has 3 aliphatic rings. The molecule has 6 heteroatoms. The average molecular weight is 355 g/mol. The molecule has 0 aromatic rings. The van der Waals surface area contributed by atoms with Crippen molar-refractivity contribution in [2.45, 2.75) is 38.8 Å². The van der Waals surface area contributed by atoms with Crippen LogP contribution < -0.4 is 5.32 Å². The maximum absolute atomic E-state index is 12.7. The topological polar surface area (TPSA) is 50.8 Å². The van der Waals surface area contributed by atoms with E-state index in [9.17, 15) is 4.79 Å². The Morgan fingerprint density at radius 3 is 3.00 bits per heavy atom. The number of nitrogens with zero attached hydrogens (tertiary/aromatic N) is 1. The Labute approximate surface area is 149 Å². The number of amides is 1. The lowest BCUT2D eigenvalue weighted by atomic mass is 9.75. The van der Waals surface area contributed by atoms with Gasteiger partial charge < -0.3 is 14.8 Å². The fraction of sp³-hybridized carbons (Fsp3) is 0.722. The van der Waals surface area contributed by atoms with Crippen molar-refractivity contribution in [1.29, 1.82) is 0 Å². The van der Waals surface area contributed by atoms with Crippen LogP contribution in [0.15, 0.2) is 22.8 Å². The first-order valence-corrected chi connectivity index (χ1v) is 9.09. The van der Waals surface area contributed by atoms with E-state index in [2.05, 4.69) is 17.5 Å². The van der Waals surface area contributed by atoms with E-state index in [0.29, 0.717) is 25.7 Å². The molecule has 0 aromatic carbocycles. The van der Waals surface area contributed by atoms with Crippen molar-refractivity contribution in [3.05, 3.63) is 22.8 Å². The van der Waals surface area contributed by atoms with Gasteiger partial charge in [-0.3, -0.25) is 4.90 Å². The molecule has 0 aromatic heterocycles. The molecule has 2 saturated heterocycles. The lowest BCUT2D eigenvalue weighted by molar-refractivity contribution is -0.0465. The molecule has 0 radical (unpaired) electrons. The summed E-state index contributed by atoms with van der Waals surface area (Å²) in [6, 6.07) is -0.0454. The summed E-state index contributed by atoms with van der Waals surface area (Å²) < 4.78 is 11.3. The monoisotopic (exact) mass is 354 g/mol. The van der Waals surface area contributed by atoms with Gasteiger partial charge in [-0.15, -0.1) is 0 Å². The number of nitrogens with one attached hydrogen (secondary N) is 1. The summed E-state index contributed by atoms with van der Waals surface area (Å²) in [7, 11) is 0. The predicted octanol–water partition coefficient (Wildman–Crippen LogP) is 2.91. The lowest BCUT2D eigenvalue weighted by Gasteiger charge is -2.44. The van der Waals surface area contributed by atoms with Crippen LogP contribution in [0.4, 0.5) is 4.79 Å². The fourth-order valence-corrected chi connectivity index (χ4v) is 4.05. The third-order valence-electron chi connectivity index (χ3n) is 4.81. The van der Waals surface area contributed by atoms with Crippen LogP contribution in [-0.2, 0) is 9.47 Å². The van der Waals surface area contributed by atoms with E-state index >= 15 is 0 Å². The first-order chi connectivity index (χ1) is 11.3. The molecule has 2 aliphatic heterocycles. The summed E-state index contributed by atoms with van der Waals surface area (Å²) in [5.74, 6) is 0.510. The normalized spacial score (nSPS) is 31.0. The van der Waals surface area contributed by atoms with Gasteiger partial charge in [0.15, 0.2) is 0 Å².